The summed E-state index contributed by atoms with van der Waals surface area (Å²) in [6.45, 7) is 3.29. The lowest BCUT2D eigenvalue weighted by Gasteiger charge is -2.27. The lowest BCUT2D eigenvalue weighted by atomic mass is 10.1. The van der Waals surface area contributed by atoms with Crippen LogP contribution in [0.25, 0.3) is 0 Å². The highest BCUT2D eigenvalue weighted by Crippen LogP contribution is 2.38. The van der Waals surface area contributed by atoms with Crippen LogP contribution in [-0.4, -0.2) is 45.4 Å². The summed E-state index contributed by atoms with van der Waals surface area (Å²) in [7, 11) is 1.85. The Kier molecular flexibility index (Phi) is 20.3. The van der Waals surface area contributed by atoms with Crippen molar-refractivity contribution in [3.8, 4) is 0 Å². The number of allylic oxidation sites excluding steroid dienone is 2. The molecule has 31 heavy (non-hydrogen) atoms. The van der Waals surface area contributed by atoms with Gasteiger partial charge in [0.2, 0.25) is 0 Å². The van der Waals surface area contributed by atoms with Gasteiger partial charge in [0, 0.05) is 0 Å². The number of nitrogens with zero attached hydrogens (tertiary/aromatic N) is 1. The van der Waals surface area contributed by atoms with Crippen LogP contribution in [0.2, 0.25) is 0 Å². The van der Waals surface area contributed by atoms with Gasteiger partial charge in [0.05, 0.1) is 27.7 Å². The predicted molar refractivity (Wildman–Crippen MR) is 131 cm³/mol. The lowest BCUT2D eigenvalue weighted by molar-refractivity contribution is -0.870. The summed E-state index contributed by atoms with van der Waals surface area (Å²) in [5.41, 5.74) is 0. The van der Waals surface area contributed by atoms with E-state index in [0.717, 1.165) is 19.3 Å². The van der Waals surface area contributed by atoms with Gasteiger partial charge in [-0.2, -0.15) is 0 Å². The number of phosphoric ester groups is 1. The fourth-order valence-electron chi connectivity index (χ4n) is 3.34. The second-order valence-corrected chi connectivity index (χ2v) is 11.2. The molecule has 0 aromatic carbocycles. The Hall–Kier alpha value is -0.190. The summed E-state index contributed by atoms with van der Waals surface area (Å²) in [5, 5.41) is 0. The molecule has 0 amide bonds. The van der Waals surface area contributed by atoms with E-state index < -0.39 is 7.82 Å². The first-order valence-electron chi connectivity index (χ1n) is 12.8. The van der Waals surface area contributed by atoms with Gasteiger partial charge < -0.3 is 18.4 Å². The second kappa shape index (κ2) is 20.4. The van der Waals surface area contributed by atoms with Gasteiger partial charge in [-0.1, -0.05) is 89.7 Å². The summed E-state index contributed by atoms with van der Waals surface area (Å²) in [5.74, 6) is 0. The number of unbranched alkanes of at least 4 members (excludes halogenated alkanes) is 14. The van der Waals surface area contributed by atoms with Crippen molar-refractivity contribution in [1.82, 2.24) is 0 Å². The van der Waals surface area contributed by atoms with Crippen molar-refractivity contribution in [2.24, 2.45) is 0 Å². The quantitative estimate of drug-likeness (QED) is 0.0710. The molecule has 0 aliphatic carbocycles. The van der Waals surface area contributed by atoms with Crippen LogP contribution < -0.4 is 4.89 Å². The van der Waals surface area contributed by atoms with Gasteiger partial charge in [0.1, 0.15) is 13.2 Å². The summed E-state index contributed by atoms with van der Waals surface area (Å²) in [6.07, 6.45) is 24.8. The summed E-state index contributed by atoms with van der Waals surface area (Å²) in [4.78, 5) is 11.7. The molecule has 5 nitrogen and oxygen atoms in total. The zero-order valence-corrected chi connectivity index (χ0v) is 22.0. The van der Waals surface area contributed by atoms with E-state index in [1.165, 1.54) is 83.5 Å². The van der Waals surface area contributed by atoms with E-state index in [4.69, 9.17) is 9.05 Å². The van der Waals surface area contributed by atoms with Crippen molar-refractivity contribution in [1.29, 1.82) is 0 Å². The number of rotatable bonds is 23. The minimum absolute atomic E-state index is 0.166. The van der Waals surface area contributed by atoms with Crippen LogP contribution in [0.5, 0.6) is 0 Å². The van der Waals surface area contributed by atoms with Crippen molar-refractivity contribution in [3.05, 3.63) is 12.2 Å². The van der Waals surface area contributed by atoms with Crippen LogP contribution in [0.4, 0.5) is 0 Å². The second-order valence-electron chi connectivity index (χ2n) is 9.77. The van der Waals surface area contributed by atoms with E-state index in [1.54, 1.807) is 0 Å². The summed E-state index contributed by atoms with van der Waals surface area (Å²) < 4.78 is 22.2. The van der Waals surface area contributed by atoms with Crippen molar-refractivity contribution in [2.45, 2.75) is 110 Å². The Labute approximate surface area is 193 Å². The molecule has 186 valence electrons. The highest BCUT2D eigenvalue weighted by molar-refractivity contribution is 7.45. The third kappa shape index (κ3) is 25.9. The Morgan fingerprint density at radius 2 is 1.10 bits per heavy atom. The van der Waals surface area contributed by atoms with E-state index in [-0.39, 0.29) is 13.2 Å². The average Bonchev–Trinajstić information content (AvgIpc) is 2.68. The van der Waals surface area contributed by atoms with Crippen molar-refractivity contribution in [3.63, 3.8) is 0 Å². The third-order valence-corrected chi connectivity index (χ3v) is 6.41. The molecule has 0 saturated heterocycles. The zero-order valence-electron chi connectivity index (χ0n) is 21.1. The minimum Gasteiger partial charge on any atom is -0.756 e. The monoisotopic (exact) mass is 461 g/mol. The van der Waals surface area contributed by atoms with Crippen LogP contribution >= 0.6 is 7.82 Å². The van der Waals surface area contributed by atoms with Crippen molar-refractivity contribution in [2.75, 3.05) is 40.9 Å². The first-order chi connectivity index (χ1) is 14.8. The molecule has 0 saturated carbocycles. The third-order valence-electron chi connectivity index (χ3n) is 5.42. The molecule has 0 spiro atoms. The molecular formula is C25H52NO4P. The Morgan fingerprint density at radius 3 is 1.58 bits per heavy atom. The topological polar surface area (TPSA) is 58.6 Å². The molecular weight excluding hydrogens is 409 g/mol. The first kappa shape index (κ1) is 30.8. The highest BCUT2D eigenvalue weighted by Gasteiger charge is 2.12. The maximum absolute atomic E-state index is 11.7. The maximum atomic E-state index is 11.7. The number of quaternary nitrogens is 1. The largest absolute Gasteiger partial charge is 0.756 e. The van der Waals surface area contributed by atoms with E-state index in [1.807, 2.05) is 21.1 Å². The Bertz CT molecular complexity index is 463. The van der Waals surface area contributed by atoms with E-state index >= 15 is 0 Å². The van der Waals surface area contributed by atoms with Crippen LogP contribution in [-0.2, 0) is 13.6 Å². The maximum Gasteiger partial charge on any atom is 0.268 e. The molecule has 0 bridgehead atoms. The molecule has 0 heterocycles. The smallest absolute Gasteiger partial charge is 0.268 e. The van der Waals surface area contributed by atoms with Gasteiger partial charge in [-0.3, -0.25) is 4.57 Å². The highest BCUT2D eigenvalue weighted by atomic mass is 31.2. The summed E-state index contributed by atoms with van der Waals surface area (Å²) >= 11 is 0. The average molecular weight is 462 g/mol. The normalized spacial score (nSPS) is 14.4. The fraction of sp³-hybridized carbons (Fsp3) is 0.920. The Balaban J connectivity index is 3.32. The van der Waals surface area contributed by atoms with Gasteiger partial charge in [0.15, 0.2) is 0 Å². The molecule has 0 aliphatic rings. The molecule has 0 rings (SSSR count). The molecule has 6 heteroatoms. The molecule has 0 radical (unpaired) electrons. The number of likely N-dealkylation sites (N-methyl/N-ethyl adjacent to an activating group) is 1. The molecule has 0 aromatic rings. The zero-order chi connectivity index (χ0) is 23.3. The van der Waals surface area contributed by atoms with Crippen LogP contribution in [0.1, 0.15) is 110 Å². The number of hydrogen-bond acceptors (Lipinski definition) is 4. The molecule has 0 fully saturated rings. The fourth-order valence-corrected chi connectivity index (χ4v) is 4.08. The van der Waals surface area contributed by atoms with Gasteiger partial charge in [-0.25, -0.2) is 0 Å². The minimum atomic E-state index is -4.14. The van der Waals surface area contributed by atoms with Gasteiger partial charge in [-0.15, -0.1) is 0 Å². The van der Waals surface area contributed by atoms with Crippen LogP contribution in [0.3, 0.4) is 0 Å². The molecule has 1 unspecified atom stereocenters. The van der Waals surface area contributed by atoms with Crippen molar-refractivity contribution < 1.29 is 23.0 Å². The molecule has 0 N–H and O–H groups in total. The Morgan fingerprint density at radius 1 is 0.677 bits per heavy atom. The first-order valence-corrected chi connectivity index (χ1v) is 14.3. The van der Waals surface area contributed by atoms with E-state index in [2.05, 4.69) is 19.1 Å². The molecule has 0 aromatic heterocycles. The lowest BCUT2D eigenvalue weighted by Crippen LogP contribution is -2.37. The van der Waals surface area contributed by atoms with Crippen LogP contribution in [0.15, 0.2) is 12.2 Å². The van der Waals surface area contributed by atoms with E-state index in [9.17, 15) is 9.46 Å². The van der Waals surface area contributed by atoms with Crippen molar-refractivity contribution >= 4 is 7.82 Å². The van der Waals surface area contributed by atoms with E-state index in [0.29, 0.717) is 11.0 Å². The van der Waals surface area contributed by atoms with Gasteiger partial charge >= 0.3 is 0 Å². The van der Waals surface area contributed by atoms with Gasteiger partial charge in [-0.05, 0) is 32.1 Å². The predicted octanol–water partition coefficient (Wildman–Crippen LogP) is 7.01. The SMILES string of the molecule is CCCCCCCC/C=C\CCCCCCCCCCOP(=O)([O-])OCC[N+](C)(C)C. The standard InChI is InChI=1S/C25H52NO4P/c1-5-6-7-8-9-10-11-12-13-14-15-16-17-18-19-20-21-22-24-29-31(27,28)30-25-23-26(2,3)4/h12-13H,5-11,14-25H2,1-4H3/b13-12-. The number of phosphoric acid groups is 1. The molecule has 0 aliphatic heterocycles. The number of hydrogen-bond donors (Lipinski definition) is 0. The molecule has 1 atom stereocenters. The van der Waals surface area contributed by atoms with Gasteiger partial charge in [0.25, 0.3) is 7.82 Å². The summed E-state index contributed by atoms with van der Waals surface area (Å²) in [6, 6.07) is 0. The van der Waals surface area contributed by atoms with Crippen LogP contribution in [0, 0.1) is 0 Å².